The Morgan fingerprint density at radius 2 is 2.14 bits per heavy atom. The van der Waals surface area contributed by atoms with Crippen LogP contribution in [0.3, 0.4) is 0 Å². The van der Waals surface area contributed by atoms with E-state index in [4.69, 9.17) is 5.73 Å². The van der Waals surface area contributed by atoms with Crippen molar-refractivity contribution in [1.29, 1.82) is 0 Å². The summed E-state index contributed by atoms with van der Waals surface area (Å²) >= 11 is 3.43. The zero-order valence-electron chi connectivity index (χ0n) is 7.61. The average Bonchev–Trinajstić information content (AvgIpc) is 2.49. The third-order valence-corrected chi connectivity index (χ3v) is 2.53. The van der Waals surface area contributed by atoms with E-state index in [1.165, 1.54) is 0 Å². The number of nitrogens with zero attached hydrogens (tertiary/aromatic N) is 3. The molecule has 0 saturated carbocycles. The first-order chi connectivity index (χ1) is 6.68. The maximum Gasteiger partial charge on any atom is 0.123 e. The van der Waals surface area contributed by atoms with E-state index >= 15 is 0 Å². The zero-order valence-corrected chi connectivity index (χ0v) is 9.19. The summed E-state index contributed by atoms with van der Waals surface area (Å²) in [5.74, 6) is 0.520. The summed E-state index contributed by atoms with van der Waals surface area (Å²) in [6.07, 6.45) is 3.49. The molecule has 2 heterocycles. The fourth-order valence-corrected chi connectivity index (χ4v) is 1.86. The normalized spacial score (nSPS) is 10.4. The molecule has 0 bridgehead atoms. The molecule has 0 aliphatic heterocycles. The molecule has 14 heavy (non-hydrogen) atoms. The molecule has 0 spiro atoms. The van der Waals surface area contributed by atoms with Gasteiger partial charge in [-0.25, -0.2) is 4.98 Å². The lowest BCUT2D eigenvalue weighted by Crippen LogP contribution is -1.95. The molecule has 0 fully saturated rings. The third-order valence-electron chi connectivity index (χ3n) is 1.95. The molecule has 72 valence electrons. The third kappa shape index (κ3) is 1.50. The van der Waals surface area contributed by atoms with Crippen molar-refractivity contribution in [3.05, 3.63) is 29.0 Å². The quantitative estimate of drug-likeness (QED) is 0.843. The van der Waals surface area contributed by atoms with E-state index in [9.17, 15) is 0 Å². The maximum absolute atomic E-state index is 5.51. The molecule has 0 aliphatic rings. The lowest BCUT2D eigenvalue weighted by atomic mass is 10.2. The average molecular weight is 253 g/mol. The van der Waals surface area contributed by atoms with Crippen LogP contribution < -0.4 is 5.73 Å². The minimum absolute atomic E-state index is 0.520. The first-order valence-electron chi connectivity index (χ1n) is 4.08. The number of rotatable bonds is 1. The molecule has 0 saturated heterocycles. The van der Waals surface area contributed by atoms with Gasteiger partial charge in [-0.1, -0.05) is 0 Å². The minimum atomic E-state index is 0.520. The number of nitrogens with two attached hydrogens (primary N) is 1. The Labute approximate surface area is 89.9 Å². The molecule has 5 heteroatoms. The van der Waals surface area contributed by atoms with Crippen LogP contribution in [0.4, 0.5) is 5.82 Å². The largest absolute Gasteiger partial charge is 0.384 e. The van der Waals surface area contributed by atoms with E-state index in [2.05, 4.69) is 26.0 Å². The topological polar surface area (TPSA) is 56.7 Å². The van der Waals surface area contributed by atoms with E-state index in [0.29, 0.717) is 5.82 Å². The van der Waals surface area contributed by atoms with Crippen LogP contribution in [0.15, 0.2) is 29.0 Å². The SMILES string of the molecule is Cn1ncc(Br)c1-c1ccc(N)nc1. The van der Waals surface area contributed by atoms with Crippen molar-refractivity contribution in [1.82, 2.24) is 14.8 Å². The van der Waals surface area contributed by atoms with Gasteiger partial charge in [0.2, 0.25) is 0 Å². The van der Waals surface area contributed by atoms with Crippen molar-refractivity contribution < 1.29 is 0 Å². The van der Waals surface area contributed by atoms with Crippen LogP contribution in [0.25, 0.3) is 11.3 Å². The summed E-state index contributed by atoms with van der Waals surface area (Å²) in [5.41, 5.74) is 7.50. The highest BCUT2D eigenvalue weighted by Gasteiger charge is 2.08. The van der Waals surface area contributed by atoms with Crippen molar-refractivity contribution in [2.24, 2.45) is 7.05 Å². The highest BCUT2D eigenvalue weighted by molar-refractivity contribution is 9.10. The molecule has 0 unspecified atom stereocenters. The summed E-state index contributed by atoms with van der Waals surface area (Å²) in [4.78, 5) is 4.03. The maximum atomic E-state index is 5.51. The second-order valence-corrected chi connectivity index (χ2v) is 3.79. The van der Waals surface area contributed by atoms with Crippen LogP contribution in [-0.4, -0.2) is 14.8 Å². The predicted octanol–water partition coefficient (Wildman–Crippen LogP) is 1.83. The number of aryl methyl sites for hydroxylation is 1. The highest BCUT2D eigenvalue weighted by Crippen LogP contribution is 2.26. The smallest absolute Gasteiger partial charge is 0.123 e. The molecular weight excluding hydrogens is 244 g/mol. The number of hydrogen-bond donors (Lipinski definition) is 1. The summed E-state index contributed by atoms with van der Waals surface area (Å²) in [5, 5.41) is 4.13. The standard InChI is InChI=1S/C9H9BrN4/c1-14-9(7(10)5-13-14)6-2-3-8(11)12-4-6/h2-5H,1H3,(H2,11,12). The Balaban J connectivity index is 2.54. The van der Waals surface area contributed by atoms with Gasteiger partial charge in [-0.15, -0.1) is 0 Å². The molecule has 2 aromatic heterocycles. The lowest BCUT2D eigenvalue weighted by molar-refractivity contribution is 0.775. The van der Waals surface area contributed by atoms with Gasteiger partial charge >= 0.3 is 0 Å². The second kappa shape index (κ2) is 3.42. The van der Waals surface area contributed by atoms with Gasteiger partial charge in [0.1, 0.15) is 5.82 Å². The summed E-state index contributed by atoms with van der Waals surface area (Å²) in [6, 6.07) is 3.69. The second-order valence-electron chi connectivity index (χ2n) is 2.94. The Morgan fingerprint density at radius 3 is 2.64 bits per heavy atom. The van der Waals surface area contributed by atoms with Gasteiger partial charge in [0, 0.05) is 18.8 Å². The molecule has 2 aromatic rings. The fraction of sp³-hybridized carbons (Fsp3) is 0.111. The number of anilines is 1. The van der Waals surface area contributed by atoms with Crippen LogP contribution >= 0.6 is 15.9 Å². The van der Waals surface area contributed by atoms with Crippen molar-refractivity contribution >= 4 is 21.7 Å². The van der Waals surface area contributed by atoms with Gasteiger partial charge in [-0.3, -0.25) is 4.68 Å². The number of aromatic nitrogens is 3. The minimum Gasteiger partial charge on any atom is -0.384 e. The number of pyridine rings is 1. The van der Waals surface area contributed by atoms with Gasteiger partial charge in [0.25, 0.3) is 0 Å². The molecule has 4 nitrogen and oxygen atoms in total. The molecule has 0 radical (unpaired) electrons. The van der Waals surface area contributed by atoms with Gasteiger partial charge in [0.15, 0.2) is 0 Å². The van der Waals surface area contributed by atoms with Crippen LogP contribution in [0.1, 0.15) is 0 Å². The lowest BCUT2D eigenvalue weighted by Gasteiger charge is -2.02. The summed E-state index contributed by atoms with van der Waals surface area (Å²) in [7, 11) is 1.89. The summed E-state index contributed by atoms with van der Waals surface area (Å²) in [6.45, 7) is 0. The molecule has 0 amide bonds. The van der Waals surface area contributed by atoms with Crippen LogP contribution in [0.5, 0.6) is 0 Å². The highest BCUT2D eigenvalue weighted by atomic mass is 79.9. The Morgan fingerprint density at radius 1 is 1.36 bits per heavy atom. The molecule has 2 N–H and O–H groups in total. The first kappa shape index (κ1) is 9.21. The van der Waals surface area contributed by atoms with Crippen molar-refractivity contribution in [3.63, 3.8) is 0 Å². The molecule has 2 rings (SSSR count). The van der Waals surface area contributed by atoms with Gasteiger partial charge in [-0.2, -0.15) is 5.10 Å². The predicted molar refractivity (Wildman–Crippen MR) is 58.6 cm³/mol. The molecule has 0 aromatic carbocycles. The number of hydrogen-bond acceptors (Lipinski definition) is 3. The molecule has 0 aliphatic carbocycles. The fourth-order valence-electron chi connectivity index (χ4n) is 1.28. The van der Waals surface area contributed by atoms with Crippen molar-refractivity contribution in [3.8, 4) is 11.3 Å². The first-order valence-corrected chi connectivity index (χ1v) is 4.87. The Bertz CT molecular complexity index is 427. The molecule has 0 atom stereocenters. The van der Waals surface area contributed by atoms with Crippen molar-refractivity contribution in [2.75, 3.05) is 5.73 Å². The number of halogens is 1. The summed E-state index contributed by atoms with van der Waals surface area (Å²) < 4.78 is 2.74. The Hall–Kier alpha value is -1.36. The zero-order chi connectivity index (χ0) is 10.1. The van der Waals surface area contributed by atoms with E-state index < -0.39 is 0 Å². The van der Waals surface area contributed by atoms with Crippen molar-refractivity contribution in [2.45, 2.75) is 0 Å². The van der Waals surface area contributed by atoms with Gasteiger partial charge in [-0.05, 0) is 28.1 Å². The van der Waals surface area contributed by atoms with E-state index in [1.807, 2.05) is 13.1 Å². The Kier molecular flexibility index (Phi) is 2.25. The molecular formula is C9H9BrN4. The number of nitrogen functional groups attached to an aromatic ring is 1. The van der Waals surface area contributed by atoms with Crippen LogP contribution in [0, 0.1) is 0 Å². The van der Waals surface area contributed by atoms with E-state index in [-0.39, 0.29) is 0 Å². The van der Waals surface area contributed by atoms with E-state index in [1.54, 1.807) is 23.1 Å². The van der Waals surface area contributed by atoms with Crippen LogP contribution in [0.2, 0.25) is 0 Å². The van der Waals surface area contributed by atoms with Gasteiger partial charge in [0.05, 0.1) is 16.4 Å². The van der Waals surface area contributed by atoms with Gasteiger partial charge < -0.3 is 5.73 Å². The monoisotopic (exact) mass is 252 g/mol. The van der Waals surface area contributed by atoms with E-state index in [0.717, 1.165) is 15.7 Å². The van der Waals surface area contributed by atoms with Crippen LogP contribution in [-0.2, 0) is 7.05 Å².